The van der Waals surface area contributed by atoms with Crippen molar-refractivity contribution in [3.05, 3.63) is 72.3 Å². The third-order valence-electron chi connectivity index (χ3n) is 5.76. The molecule has 9 nitrogen and oxygen atoms in total. The van der Waals surface area contributed by atoms with Gasteiger partial charge >= 0.3 is 0 Å². The van der Waals surface area contributed by atoms with Crippen LogP contribution in [0.2, 0.25) is 0 Å². The van der Waals surface area contributed by atoms with E-state index in [4.69, 9.17) is 4.74 Å². The van der Waals surface area contributed by atoms with Crippen LogP contribution >= 0.6 is 0 Å². The fraction of sp³-hybridized carbons (Fsp3) is 0.333. The van der Waals surface area contributed by atoms with Crippen LogP contribution in [0.3, 0.4) is 0 Å². The zero-order chi connectivity index (χ0) is 24.0. The summed E-state index contributed by atoms with van der Waals surface area (Å²) < 4.78 is 35.2. The molecule has 1 fully saturated rings. The van der Waals surface area contributed by atoms with Crippen molar-refractivity contribution in [2.75, 3.05) is 32.1 Å². The number of nitrogens with zero attached hydrogens (tertiary/aromatic N) is 3. The van der Waals surface area contributed by atoms with E-state index in [0.29, 0.717) is 38.4 Å². The molecule has 2 heterocycles. The molecule has 1 aromatic heterocycles. The molecule has 3 aromatic rings. The molecule has 0 atom stereocenters. The van der Waals surface area contributed by atoms with Gasteiger partial charge in [-0.2, -0.15) is 4.31 Å². The summed E-state index contributed by atoms with van der Waals surface area (Å²) in [6.45, 7) is 2.36. The molecule has 0 bridgehead atoms. The molecule has 1 aliphatic heterocycles. The highest BCUT2D eigenvalue weighted by Crippen LogP contribution is 2.26. The van der Waals surface area contributed by atoms with Gasteiger partial charge in [-0.1, -0.05) is 18.2 Å². The number of carbonyl (C=O) groups excluding carboxylic acids is 1. The maximum absolute atomic E-state index is 13.2. The molecule has 1 saturated heterocycles. The van der Waals surface area contributed by atoms with Gasteiger partial charge in [-0.25, -0.2) is 13.4 Å². The van der Waals surface area contributed by atoms with E-state index in [-0.39, 0.29) is 16.4 Å². The number of benzene rings is 2. The summed E-state index contributed by atoms with van der Waals surface area (Å²) in [4.78, 5) is 17.0. The second kappa shape index (κ2) is 10.7. The Morgan fingerprint density at radius 2 is 1.94 bits per heavy atom. The number of aromatic nitrogens is 2. The summed E-state index contributed by atoms with van der Waals surface area (Å²) in [6, 6.07) is 12.3. The molecule has 10 heteroatoms. The van der Waals surface area contributed by atoms with Crippen LogP contribution in [0.5, 0.6) is 5.75 Å². The number of imidazole rings is 1. The van der Waals surface area contributed by atoms with Crippen molar-refractivity contribution in [1.82, 2.24) is 19.2 Å². The van der Waals surface area contributed by atoms with Gasteiger partial charge in [-0.3, -0.25) is 4.79 Å². The number of methoxy groups -OCH3 is 1. The van der Waals surface area contributed by atoms with E-state index in [2.05, 4.69) is 15.6 Å². The van der Waals surface area contributed by atoms with E-state index in [1.807, 2.05) is 35.0 Å². The largest absolute Gasteiger partial charge is 0.496 e. The second-order valence-corrected chi connectivity index (χ2v) is 10.0. The van der Waals surface area contributed by atoms with E-state index in [0.717, 1.165) is 24.2 Å². The number of ether oxygens (including phenoxy) is 1. The zero-order valence-electron chi connectivity index (χ0n) is 19.1. The van der Waals surface area contributed by atoms with Gasteiger partial charge in [0.25, 0.3) is 5.91 Å². The smallest absolute Gasteiger partial charge is 0.251 e. The first-order chi connectivity index (χ1) is 16.5. The summed E-state index contributed by atoms with van der Waals surface area (Å²) >= 11 is 0. The highest BCUT2D eigenvalue weighted by molar-refractivity contribution is 7.89. The van der Waals surface area contributed by atoms with E-state index in [1.165, 1.54) is 10.4 Å². The summed E-state index contributed by atoms with van der Waals surface area (Å²) in [6.07, 6.45) is 6.85. The maximum Gasteiger partial charge on any atom is 0.251 e. The lowest BCUT2D eigenvalue weighted by atomic mass is 10.1. The maximum atomic E-state index is 13.2. The second-order valence-electron chi connectivity index (χ2n) is 8.08. The van der Waals surface area contributed by atoms with Crippen LogP contribution in [0, 0.1) is 0 Å². The Balaban J connectivity index is 1.57. The number of carbonyl (C=O) groups is 1. The summed E-state index contributed by atoms with van der Waals surface area (Å²) in [5.74, 6) is 0.396. The molecule has 4 rings (SSSR count). The number of rotatable bonds is 10. The van der Waals surface area contributed by atoms with Crippen LogP contribution in [0.1, 0.15) is 28.8 Å². The van der Waals surface area contributed by atoms with E-state index >= 15 is 0 Å². The molecule has 2 aromatic carbocycles. The SMILES string of the molecule is COc1ccccc1CNc1cc(C(=O)NCCn2ccnc2)cc(S(=O)(=O)N2CCCC2)c1. The number of hydrogen-bond acceptors (Lipinski definition) is 6. The molecule has 0 unspecified atom stereocenters. The number of sulfonamides is 1. The lowest BCUT2D eigenvalue weighted by Crippen LogP contribution is -2.29. The molecule has 1 amide bonds. The molecule has 2 N–H and O–H groups in total. The van der Waals surface area contributed by atoms with Crippen molar-refractivity contribution >= 4 is 21.6 Å². The molecule has 0 aliphatic carbocycles. The first-order valence-corrected chi connectivity index (χ1v) is 12.7. The predicted molar refractivity (Wildman–Crippen MR) is 129 cm³/mol. The van der Waals surface area contributed by atoms with Crippen molar-refractivity contribution < 1.29 is 17.9 Å². The van der Waals surface area contributed by atoms with E-state index in [9.17, 15) is 13.2 Å². The van der Waals surface area contributed by atoms with Gasteiger partial charge in [0.1, 0.15) is 5.75 Å². The van der Waals surface area contributed by atoms with Gasteiger partial charge in [0.15, 0.2) is 0 Å². The van der Waals surface area contributed by atoms with Gasteiger partial charge < -0.3 is 19.9 Å². The average molecular weight is 484 g/mol. The minimum Gasteiger partial charge on any atom is -0.496 e. The monoisotopic (exact) mass is 483 g/mol. The van der Waals surface area contributed by atoms with Crippen molar-refractivity contribution in [2.24, 2.45) is 0 Å². The Bertz CT molecular complexity index is 1220. The Kier molecular flexibility index (Phi) is 7.49. The van der Waals surface area contributed by atoms with Gasteiger partial charge in [-0.05, 0) is 37.1 Å². The predicted octanol–water partition coefficient (Wildman–Crippen LogP) is 2.72. The summed E-state index contributed by atoms with van der Waals surface area (Å²) in [5, 5.41) is 6.12. The van der Waals surface area contributed by atoms with Crippen molar-refractivity contribution in [3.63, 3.8) is 0 Å². The number of amides is 1. The van der Waals surface area contributed by atoms with Crippen molar-refractivity contribution in [2.45, 2.75) is 30.8 Å². The Labute approximate surface area is 199 Å². The topological polar surface area (TPSA) is 106 Å². The lowest BCUT2D eigenvalue weighted by Gasteiger charge is -2.18. The van der Waals surface area contributed by atoms with Gasteiger partial charge in [0.2, 0.25) is 10.0 Å². The molecule has 180 valence electrons. The molecule has 0 radical (unpaired) electrons. The van der Waals surface area contributed by atoms with Crippen molar-refractivity contribution in [1.29, 1.82) is 0 Å². The zero-order valence-corrected chi connectivity index (χ0v) is 19.9. The molecule has 34 heavy (non-hydrogen) atoms. The fourth-order valence-electron chi connectivity index (χ4n) is 3.92. The number of para-hydroxylation sites is 1. The third-order valence-corrected chi connectivity index (χ3v) is 7.64. The van der Waals surface area contributed by atoms with Crippen LogP contribution in [0.15, 0.2) is 66.1 Å². The molecule has 0 spiro atoms. The first-order valence-electron chi connectivity index (χ1n) is 11.2. The normalized spacial score (nSPS) is 14.1. The standard InChI is InChI=1S/C24H29N5O4S/c1-33-23-7-3-2-6-19(23)17-27-21-14-20(24(30)26-9-13-28-12-8-25-18-28)15-22(16-21)34(31,32)29-10-4-5-11-29/h2-3,6-8,12,14-16,18,27H,4-5,9-11,13,17H2,1H3,(H,26,30). The minimum atomic E-state index is -3.69. The highest BCUT2D eigenvalue weighted by atomic mass is 32.2. The number of nitrogens with one attached hydrogen (secondary N) is 2. The fourth-order valence-corrected chi connectivity index (χ4v) is 5.51. The quantitative estimate of drug-likeness (QED) is 0.459. The number of anilines is 1. The van der Waals surface area contributed by atoms with E-state index in [1.54, 1.807) is 31.8 Å². The Morgan fingerprint density at radius 3 is 2.68 bits per heavy atom. The van der Waals surface area contributed by atoms with Gasteiger partial charge in [0, 0.05) is 61.9 Å². The lowest BCUT2D eigenvalue weighted by molar-refractivity contribution is 0.0952. The third kappa shape index (κ3) is 5.57. The minimum absolute atomic E-state index is 0.110. The van der Waals surface area contributed by atoms with E-state index < -0.39 is 10.0 Å². The van der Waals surface area contributed by atoms with Crippen LogP contribution < -0.4 is 15.4 Å². The summed E-state index contributed by atoms with van der Waals surface area (Å²) in [5.41, 5.74) is 1.75. The van der Waals surface area contributed by atoms with Gasteiger partial charge in [-0.15, -0.1) is 0 Å². The first kappa shape index (κ1) is 23.8. The van der Waals surface area contributed by atoms with Crippen LogP contribution in [-0.2, 0) is 23.1 Å². The Hall–Kier alpha value is -3.37. The molecular weight excluding hydrogens is 454 g/mol. The van der Waals surface area contributed by atoms with Gasteiger partial charge in [0.05, 0.1) is 18.3 Å². The molecule has 0 saturated carbocycles. The number of hydrogen-bond donors (Lipinski definition) is 2. The van der Waals surface area contributed by atoms with Crippen molar-refractivity contribution in [3.8, 4) is 5.75 Å². The average Bonchev–Trinajstić information content (AvgIpc) is 3.57. The molecule has 1 aliphatic rings. The highest BCUT2D eigenvalue weighted by Gasteiger charge is 2.28. The van der Waals surface area contributed by atoms with Crippen LogP contribution in [0.25, 0.3) is 0 Å². The van der Waals surface area contributed by atoms with Crippen LogP contribution in [-0.4, -0.2) is 54.9 Å². The molecular formula is C24H29N5O4S. The summed E-state index contributed by atoms with van der Waals surface area (Å²) in [7, 11) is -2.09. The van der Waals surface area contributed by atoms with Crippen LogP contribution in [0.4, 0.5) is 5.69 Å². The Morgan fingerprint density at radius 1 is 1.15 bits per heavy atom.